The van der Waals surface area contributed by atoms with E-state index in [1.807, 2.05) is 24.3 Å². The predicted octanol–water partition coefficient (Wildman–Crippen LogP) is 4.97. The maximum absolute atomic E-state index is 12.9. The van der Waals surface area contributed by atoms with Crippen LogP contribution >= 0.6 is 0 Å². The Morgan fingerprint density at radius 3 is 1.37 bits per heavy atom. The molecule has 0 spiro atoms. The number of carbonyl (C=O) groups excluding carboxylic acids is 1. The number of hydrogen-bond donors (Lipinski definition) is 9. The molecule has 0 aromatic heterocycles. The number of unbranched alkanes of at least 4 members (excludes halogenated alkanes) is 3. The Kier molecular flexibility index (Phi) is 13.3. The number of nitrogens with one attached hydrogen (secondary N) is 9. The van der Waals surface area contributed by atoms with Crippen molar-refractivity contribution in [2.45, 2.75) is 184 Å². The van der Waals surface area contributed by atoms with E-state index in [9.17, 15) is 4.79 Å². The Morgan fingerprint density at radius 1 is 0.526 bits per heavy atom. The van der Waals surface area contributed by atoms with E-state index in [-0.39, 0.29) is 50.0 Å². The van der Waals surface area contributed by atoms with Gasteiger partial charge in [0.05, 0.1) is 49.3 Å². The van der Waals surface area contributed by atoms with E-state index in [1.54, 1.807) is 0 Å². The third-order valence-electron chi connectivity index (χ3n) is 16.5. The zero-order chi connectivity index (χ0) is 37.6. The molecule has 5 saturated heterocycles. The normalized spacial score (nSPS) is 44.8. The average Bonchev–Trinajstić information content (AvgIpc) is 3.97. The molecular weight excluding hydrogens is 764 g/mol. The Bertz CT molecular complexity index is 1490. The van der Waals surface area contributed by atoms with Crippen LogP contribution in [0.2, 0.25) is 0 Å². The van der Waals surface area contributed by atoms with Crippen LogP contribution < -0.4 is 52.6 Å². The molecule has 17 atom stereocenters. The topological polar surface area (TPSA) is 135 Å². The molecule has 0 radical (unpaired) electrons. The van der Waals surface area contributed by atoms with Crippen LogP contribution in [0.4, 0.5) is 0 Å². The summed E-state index contributed by atoms with van der Waals surface area (Å²) >= 11 is 0. The third kappa shape index (κ3) is 8.41. The quantitative estimate of drug-likeness (QED) is 0.131. The van der Waals surface area contributed by atoms with Gasteiger partial charge in [-0.3, -0.25) is 47.3 Å². The second-order valence-corrected chi connectivity index (χ2v) is 19.7. The van der Waals surface area contributed by atoms with E-state index in [1.165, 1.54) is 109 Å². The van der Waals surface area contributed by atoms with E-state index in [0.29, 0.717) is 83.7 Å². The molecule has 1 aromatic carbocycles. The Balaban J connectivity index is 0.00000422. The van der Waals surface area contributed by atoms with Crippen LogP contribution in [0.5, 0.6) is 5.75 Å². The first-order valence-corrected chi connectivity index (χ1v) is 23.7. The molecule has 10 rings (SSSR count). The van der Waals surface area contributed by atoms with Gasteiger partial charge in [0.25, 0.3) is 5.91 Å². The number of fused-ring (bicyclic) bond motifs is 20. The molecule has 17 unspecified atom stereocenters. The van der Waals surface area contributed by atoms with Crippen molar-refractivity contribution in [3.63, 3.8) is 0 Å². The van der Waals surface area contributed by atoms with Gasteiger partial charge in [-0.15, -0.1) is 0 Å². The maximum atomic E-state index is 12.9. The molecule has 5 aliphatic heterocycles. The van der Waals surface area contributed by atoms with Gasteiger partial charge in [0.15, 0.2) is 0 Å². The van der Waals surface area contributed by atoms with Gasteiger partial charge in [-0.1, -0.05) is 64.7 Å². The van der Waals surface area contributed by atoms with Gasteiger partial charge in [0.2, 0.25) is 0 Å². The summed E-state index contributed by atoms with van der Waals surface area (Å²) in [5.41, 5.74) is 0.711. The van der Waals surface area contributed by atoms with Crippen molar-refractivity contribution in [3.8, 4) is 5.75 Å². The van der Waals surface area contributed by atoms with Crippen molar-refractivity contribution >= 4 is 5.91 Å². The van der Waals surface area contributed by atoms with E-state index in [2.05, 4.69) is 54.8 Å². The van der Waals surface area contributed by atoms with Gasteiger partial charge in [0, 0.05) is 37.5 Å². The van der Waals surface area contributed by atoms with Crippen molar-refractivity contribution in [2.24, 2.45) is 47.3 Å². The second kappa shape index (κ2) is 18.4. The summed E-state index contributed by atoms with van der Waals surface area (Å²) in [5, 5.41) is 37.1. The van der Waals surface area contributed by atoms with Crippen molar-refractivity contribution in [1.82, 2.24) is 47.9 Å². The Labute approximate surface area is 355 Å². The SMILES string of the molecule is CCCCCCNC(=O)c1ccc(OC2CCCC3C4NC5NC(NC6NC(NC7NC(NC(N4)C23)C2CCCCC72)C2CCCCC62)C2CCCCC52)cc1.[Zn]. The molecule has 8 bridgehead atoms. The molecular formula is C45H73N9O2Zn. The van der Waals surface area contributed by atoms with Crippen LogP contribution in [0.1, 0.15) is 139 Å². The third-order valence-corrected chi connectivity index (χ3v) is 16.5. The molecule has 11 nitrogen and oxygen atoms in total. The Morgan fingerprint density at radius 2 is 0.930 bits per heavy atom. The molecule has 1 amide bonds. The summed E-state index contributed by atoms with van der Waals surface area (Å²) in [6.07, 6.45) is 26.4. The largest absolute Gasteiger partial charge is 0.490 e. The van der Waals surface area contributed by atoms with Crippen molar-refractivity contribution < 1.29 is 29.0 Å². The van der Waals surface area contributed by atoms with Crippen LogP contribution in [0.15, 0.2) is 24.3 Å². The standard InChI is InChI=1S/C45H73N9O2.Zn/c1-2-3-4-11-25-46-45(55)26-21-23-27(24-22-26)56-35-20-12-19-34-36(35)44-53-42-33-18-10-9-17-32(33)40(51-42)49-38-29-14-6-5-13-28(29)37(47-38)48-39-30-15-7-8-16-31(30)41(50-39)52-43(34)54-44;/h21-24,28-44,47-54H,2-20,25H2,1H3,(H,46,55);. The molecule has 4 saturated carbocycles. The van der Waals surface area contributed by atoms with Crippen LogP contribution in [-0.4, -0.2) is 67.9 Å². The monoisotopic (exact) mass is 836 g/mol. The van der Waals surface area contributed by atoms with Gasteiger partial charge >= 0.3 is 0 Å². The average molecular weight is 838 g/mol. The second-order valence-electron chi connectivity index (χ2n) is 19.7. The fraction of sp³-hybridized carbons (Fsp3) is 0.844. The molecule has 9 N–H and O–H groups in total. The number of ether oxygens (including phenoxy) is 1. The first kappa shape index (κ1) is 41.2. The number of hydrogen-bond acceptors (Lipinski definition) is 10. The minimum atomic E-state index is 0. The predicted molar refractivity (Wildman–Crippen MR) is 220 cm³/mol. The number of carbonyl (C=O) groups is 1. The van der Waals surface area contributed by atoms with Crippen molar-refractivity contribution in [3.05, 3.63) is 29.8 Å². The first-order chi connectivity index (χ1) is 27.6. The summed E-state index contributed by atoms with van der Waals surface area (Å²) in [4.78, 5) is 12.9. The molecule has 312 valence electrons. The van der Waals surface area contributed by atoms with Gasteiger partial charge < -0.3 is 10.1 Å². The van der Waals surface area contributed by atoms with Gasteiger partial charge in [-0.25, -0.2) is 0 Å². The number of rotatable bonds is 8. The molecule has 5 heterocycles. The van der Waals surface area contributed by atoms with E-state index < -0.39 is 0 Å². The number of amides is 1. The molecule has 1 aromatic rings. The summed E-state index contributed by atoms with van der Waals surface area (Å²) in [5.74, 6) is 5.63. The molecule has 57 heavy (non-hydrogen) atoms. The van der Waals surface area contributed by atoms with E-state index in [4.69, 9.17) is 4.74 Å². The van der Waals surface area contributed by atoms with Gasteiger partial charge in [-0.05, 0) is 130 Å². The summed E-state index contributed by atoms with van der Waals surface area (Å²) in [6.45, 7) is 2.95. The minimum Gasteiger partial charge on any atom is -0.490 e. The first-order valence-electron chi connectivity index (χ1n) is 23.7. The van der Waals surface area contributed by atoms with Crippen LogP contribution in [-0.2, 0) is 19.5 Å². The van der Waals surface area contributed by atoms with Crippen LogP contribution in [0, 0.1) is 47.3 Å². The van der Waals surface area contributed by atoms with Crippen molar-refractivity contribution in [2.75, 3.05) is 6.54 Å². The number of benzene rings is 1. The Hall–Kier alpha value is -1.21. The maximum Gasteiger partial charge on any atom is 0.251 e. The fourth-order valence-electron chi connectivity index (χ4n) is 13.9. The fourth-order valence-corrected chi connectivity index (χ4v) is 13.9. The molecule has 9 fully saturated rings. The summed E-state index contributed by atoms with van der Waals surface area (Å²) < 4.78 is 7.02. The summed E-state index contributed by atoms with van der Waals surface area (Å²) in [6, 6.07) is 7.94. The van der Waals surface area contributed by atoms with Gasteiger partial charge in [-0.2, -0.15) is 0 Å². The van der Waals surface area contributed by atoms with Crippen LogP contribution in [0.3, 0.4) is 0 Å². The van der Waals surface area contributed by atoms with Crippen molar-refractivity contribution in [1.29, 1.82) is 0 Å². The van der Waals surface area contributed by atoms with Crippen LogP contribution in [0.25, 0.3) is 0 Å². The summed E-state index contributed by atoms with van der Waals surface area (Å²) in [7, 11) is 0. The van der Waals surface area contributed by atoms with Gasteiger partial charge in [0.1, 0.15) is 11.9 Å². The zero-order valence-corrected chi connectivity index (χ0v) is 37.8. The molecule has 12 heteroatoms. The van der Waals surface area contributed by atoms with E-state index >= 15 is 0 Å². The smallest absolute Gasteiger partial charge is 0.251 e. The zero-order valence-electron chi connectivity index (χ0n) is 34.8. The van der Waals surface area contributed by atoms with E-state index in [0.717, 1.165) is 25.1 Å². The molecule has 9 aliphatic rings. The molecule has 4 aliphatic carbocycles. The minimum absolute atomic E-state index is 0.